The molecule has 0 radical (unpaired) electrons. The molecule has 0 heterocycles. The number of benzene rings is 1. The monoisotopic (exact) mass is 214 g/mol. The summed E-state index contributed by atoms with van der Waals surface area (Å²) in [7, 11) is 1.66. The highest BCUT2D eigenvalue weighted by Gasteiger charge is 1.86. The highest BCUT2D eigenvalue weighted by atomic mass is 79.9. The van der Waals surface area contributed by atoms with Crippen LogP contribution in [0.3, 0.4) is 0 Å². The lowest BCUT2D eigenvalue weighted by atomic mass is 10.3. The fraction of sp³-hybridized carbons (Fsp3) is 0.111. The van der Waals surface area contributed by atoms with E-state index in [0.717, 1.165) is 10.2 Å². The number of hydrogen-bond acceptors (Lipinski definition) is 1. The van der Waals surface area contributed by atoms with Crippen LogP contribution in [-0.2, 0) is 0 Å². The SMILES string of the molecule is C=C.COc1ccc(Br)cc1. The number of methoxy groups -OCH3 is 1. The first-order chi connectivity index (χ1) is 5.33. The second kappa shape index (κ2) is 5.98. The van der Waals surface area contributed by atoms with Gasteiger partial charge in [0.25, 0.3) is 0 Å². The van der Waals surface area contributed by atoms with E-state index in [-0.39, 0.29) is 0 Å². The number of halogens is 1. The summed E-state index contributed by atoms with van der Waals surface area (Å²) in [6, 6.07) is 7.70. The van der Waals surface area contributed by atoms with E-state index in [1.165, 1.54) is 0 Å². The lowest BCUT2D eigenvalue weighted by molar-refractivity contribution is 0.414. The summed E-state index contributed by atoms with van der Waals surface area (Å²) in [5, 5.41) is 0. The van der Waals surface area contributed by atoms with E-state index in [1.54, 1.807) is 7.11 Å². The van der Waals surface area contributed by atoms with Crippen LogP contribution in [0, 0.1) is 0 Å². The van der Waals surface area contributed by atoms with Crippen molar-refractivity contribution in [2.24, 2.45) is 0 Å². The minimum atomic E-state index is 0.887. The molecule has 1 rings (SSSR count). The van der Waals surface area contributed by atoms with Crippen molar-refractivity contribution in [2.75, 3.05) is 7.11 Å². The lowest BCUT2D eigenvalue weighted by Gasteiger charge is -1.96. The second-order valence-electron chi connectivity index (χ2n) is 1.66. The predicted octanol–water partition coefficient (Wildman–Crippen LogP) is 3.26. The van der Waals surface area contributed by atoms with Crippen molar-refractivity contribution in [1.82, 2.24) is 0 Å². The summed E-state index contributed by atoms with van der Waals surface area (Å²) in [4.78, 5) is 0. The second-order valence-corrected chi connectivity index (χ2v) is 2.57. The molecule has 11 heavy (non-hydrogen) atoms. The van der Waals surface area contributed by atoms with Gasteiger partial charge in [-0.1, -0.05) is 15.9 Å². The Labute approximate surface area is 75.8 Å². The summed E-state index contributed by atoms with van der Waals surface area (Å²) in [6.45, 7) is 6.00. The van der Waals surface area contributed by atoms with Gasteiger partial charge in [-0.2, -0.15) is 0 Å². The maximum atomic E-state index is 4.95. The van der Waals surface area contributed by atoms with Gasteiger partial charge in [-0.05, 0) is 24.3 Å². The van der Waals surface area contributed by atoms with Crippen molar-refractivity contribution in [3.05, 3.63) is 41.9 Å². The van der Waals surface area contributed by atoms with Crippen LogP contribution < -0.4 is 4.74 Å². The average Bonchev–Trinajstić information content (AvgIpc) is 2.10. The Bertz CT molecular complexity index is 193. The molecule has 0 saturated carbocycles. The van der Waals surface area contributed by atoms with E-state index >= 15 is 0 Å². The van der Waals surface area contributed by atoms with Crippen molar-refractivity contribution in [2.45, 2.75) is 0 Å². The van der Waals surface area contributed by atoms with Crippen molar-refractivity contribution < 1.29 is 4.74 Å². The Morgan fingerprint density at radius 1 is 1.18 bits per heavy atom. The molecule has 0 spiro atoms. The topological polar surface area (TPSA) is 9.23 Å². The molecule has 0 atom stereocenters. The molecule has 0 aliphatic heterocycles. The van der Waals surface area contributed by atoms with Gasteiger partial charge in [0.05, 0.1) is 7.11 Å². The first-order valence-electron chi connectivity index (χ1n) is 3.12. The molecule has 0 aliphatic rings. The van der Waals surface area contributed by atoms with Gasteiger partial charge in [-0.3, -0.25) is 0 Å². The molecule has 0 aliphatic carbocycles. The van der Waals surface area contributed by atoms with Gasteiger partial charge < -0.3 is 4.74 Å². The molecular weight excluding hydrogens is 204 g/mol. The van der Waals surface area contributed by atoms with Crippen molar-refractivity contribution >= 4 is 15.9 Å². The zero-order valence-electron chi connectivity index (χ0n) is 6.51. The van der Waals surface area contributed by atoms with Crippen LogP contribution in [-0.4, -0.2) is 7.11 Å². The van der Waals surface area contributed by atoms with Gasteiger partial charge in [0.2, 0.25) is 0 Å². The standard InChI is InChI=1S/C7H7BrO.C2H4/c1-9-7-4-2-6(8)3-5-7;1-2/h2-5H,1H3;1-2H2. The molecule has 0 unspecified atom stereocenters. The average molecular weight is 215 g/mol. The van der Waals surface area contributed by atoms with Crippen LogP contribution >= 0.6 is 15.9 Å². The van der Waals surface area contributed by atoms with E-state index in [0.29, 0.717) is 0 Å². The van der Waals surface area contributed by atoms with E-state index in [1.807, 2.05) is 24.3 Å². The summed E-state index contributed by atoms with van der Waals surface area (Å²) in [5.41, 5.74) is 0. The normalized spacial score (nSPS) is 7.82. The molecule has 0 N–H and O–H groups in total. The van der Waals surface area contributed by atoms with E-state index < -0.39 is 0 Å². The maximum Gasteiger partial charge on any atom is 0.118 e. The highest BCUT2D eigenvalue weighted by Crippen LogP contribution is 2.14. The molecule has 60 valence electrons. The largest absolute Gasteiger partial charge is 0.497 e. The van der Waals surface area contributed by atoms with Gasteiger partial charge in [0, 0.05) is 4.47 Å². The van der Waals surface area contributed by atoms with Crippen LogP contribution in [0.15, 0.2) is 41.9 Å². The van der Waals surface area contributed by atoms with Crippen molar-refractivity contribution in [3.8, 4) is 5.75 Å². The van der Waals surface area contributed by atoms with Crippen LogP contribution in [0.5, 0.6) is 5.75 Å². The Morgan fingerprint density at radius 2 is 1.64 bits per heavy atom. The molecule has 0 bridgehead atoms. The number of ether oxygens (including phenoxy) is 1. The Balaban J connectivity index is 0.000000461. The molecule has 0 aromatic heterocycles. The van der Waals surface area contributed by atoms with Crippen LogP contribution in [0.25, 0.3) is 0 Å². The smallest absolute Gasteiger partial charge is 0.118 e. The summed E-state index contributed by atoms with van der Waals surface area (Å²) < 4.78 is 6.02. The highest BCUT2D eigenvalue weighted by molar-refractivity contribution is 9.10. The van der Waals surface area contributed by atoms with Gasteiger partial charge in [-0.25, -0.2) is 0 Å². The van der Waals surface area contributed by atoms with E-state index in [4.69, 9.17) is 4.74 Å². The minimum Gasteiger partial charge on any atom is -0.497 e. The van der Waals surface area contributed by atoms with Gasteiger partial charge in [0.15, 0.2) is 0 Å². The Hall–Kier alpha value is -0.760. The fourth-order valence-electron chi connectivity index (χ4n) is 0.571. The molecule has 0 fully saturated rings. The molecular formula is C9H11BrO. The third-order valence-corrected chi connectivity index (χ3v) is 1.58. The maximum absolute atomic E-state index is 4.95. The van der Waals surface area contributed by atoms with Crippen molar-refractivity contribution in [1.29, 1.82) is 0 Å². The number of hydrogen-bond donors (Lipinski definition) is 0. The lowest BCUT2D eigenvalue weighted by Crippen LogP contribution is -1.79. The van der Waals surface area contributed by atoms with Gasteiger partial charge in [0.1, 0.15) is 5.75 Å². The third-order valence-electron chi connectivity index (χ3n) is 1.05. The third kappa shape index (κ3) is 3.83. The van der Waals surface area contributed by atoms with E-state index in [9.17, 15) is 0 Å². The van der Waals surface area contributed by atoms with Crippen LogP contribution in [0.1, 0.15) is 0 Å². The zero-order chi connectivity index (χ0) is 8.69. The van der Waals surface area contributed by atoms with Crippen LogP contribution in [0.4, 0.5) is 0 Å². The Morgan fingerprint density at radius 3 is 2.00 bits per heavy atom. The van der Waals surface area contributed by atoms with Gasteiger partial charge in [-0.15, -0.1) is 13.2 Å². The summed E-state index contributed by atoms with van der Waals surface area (Å²) in [5.74, 6) is 0.887. The molecule has 0 saturated heterocycles. The van der Waals surface area contributed by atoms with E-state index in [2.05, 4.69) is 29.1 Å². The van der Waals surface area contributed by atoms with Crippen molar-refractivity contribution in [3.63, 3.8) is 0 Å². The zero-order valence-corrected chi connectivity index (χ0v) is 8.10. The molecule has 0 amide bonds. The first-order valence-corrected chi connectivity index (χ1v) is 3.92. The summed E-state index contributed by atoms with van der Waals surface area (Å²) >= 11 is 3.32. The quantitative estimate of drug-likeness (QED) is 0.653. The molecule has 1 aromatic carbocycles. The number of rotatable bonds is 1. The molecule has 2 heteroatoms. The Kier molecular flexibility index (Phi) is 5.57. The predicted molar refractivity (Wildman–Crippen MR) is 51.9 cm³/mol. The molecule has 1 aromatic rings. The fourth-order valence-corrected chi connectivity index (χ4v) is 0.835. The molecule has 1 nitrogen and oxygen atoms in total. The first kappa shape index (κ1) is 10.2. The summed E-state index contributed by atoms with van der Waals surface area (Å²) in [6.07, 6.45) is 0. The minimum absolute atomic E-state index is 0.887. The van der Waals surface area contributed by atoms with Crippen LogP contribution in [0.2, 0.25) is 0 Å². The van der Waals surface area contributed by atoms with Gasteiger partial charge >= 0.3 is 0 Å².